The molecule has 0 unspecified atom stereocenters. The normalized spacial score (nSPS) is 12.2. The fourth-order valence-corrected chi connectivity index (χ4v) is 6.15. The van der Waals surface area contributed by atoms with Gasteiger partial charge in [0.25, 0.3) is 0 Å². The van der Waals surface area contributed by atoms with E-state index in [1.807, 2.05) is 60.7 Å². The van der Waals surface area contributed by atoms with E-state index in [4.69, 9.17) is 19.4 Å². The summed E-state index contributed by atoms with van der Waals surface area (Å²) in [6.07, 6.45) is 0. The van der Waals surface area contributed by atoms with Crippen molar-refractivity contribution in [2.75, 3.05) is 4.90 Å². The second-order valence-electron chi connectivity index (χ2n) is 10.5. The second kappa shape index (κ2) is 8.85. The first kappa shape index (κ1) is 22.9. The lowest BCUT2D eigenvalue weighted by atomic mass is 9.91. The zero-order valence-corrected chi connectivity index (χ0v) is 22.4. The van der Waals surface area contributed by atoms with Gasteiger partial charge in [0.05, 0.1) is 11.4 Å². The van der Waals surface area contributed by atoms with Crippen LogP contribution in [0, 0.1) is 0 Å². The van der Waals surface area contributed by atoms with E-state index in [0.29, 0.717) is 17.6 Å². The third-order valence-electron chi connectivity index (χ3n) is 8.05. The minimum absolute atomic E-state index is 0.574. The molecule has 2 aromatic heterocycles. The molecule has 1 aliphatic rings. The molecule has 5 nitrogen and oxygen atoms in total. The van der Waals surface area contributed by atoms with E-state index in [1.54, 1.807) is 0 Å². The van der Waals surface area contributed by atoms with Crippen molar-refractivity contribution in [2.45, 2.75) is 0 Å². The molecule has 0 saturated carbocycles. The number of nitrogens with zero attached hydrogens (tertiary/aromatic N) is 4. The molecule has 196 valence electrons. The van der Waals surface area contributed by atoms with Crippen LogP contribution in [0.4, 0.5) is 17.3 Å². The van der Waals surface area contributed by atoms with E-state index in [-0.39, 0.29) is 0 Å². The van der Waals surface area contributed by atoms with E-state index < -0.39 is 0 Å². The molecule has 0 saturated heterocycles. The number of fused-ring (bicyclic) bond motifs is 5. The largest absolute Gasteiger partial charge is 0.456 e. The average Bonchev–Trinajstić information content (AvgIpc) is 3.43. The van der Waals surface area contributed by atoms with Gasteiger partial charge in [-0.1, -0.05) is 97.1 Å². The summed E-state index contributed by atoms with van der Waals surface area (Å²) in [4.78, 5) is 17.4. The monoisotopic (exact) mass is 538 g/mol. The molecule has 6 aromatic carbocycles. The smallest absolute Gasteiger partial charge is 0.238 e. The maximum Gasteiger partial charge on any atom is 0.238 e. The van der Waals surface area contributed by atoms with Crippen LogP contribution in [0.25, 0.3) is 66.6 Å². The molecule has 1 aliphatic heterocycles. The molecule has 0 spiro atoms. The number of rotatable bonds is 3. The van der Waals surface area contributed by atoms with Gasteiger partial charge in [-0.05, 0) is 47.3 Å². The lowest BCUT2D eigenvalue weighted by molar-refractivity contribution is 0.669. The predicted octanol–water partition coefficient (Wildman–Crippen LogP) is 9.71. The van der Waals surface area contributed by atoms with Crippen molar-refractivity contribution in [3.05, 3.63) is 133 Å². The van der Waals surface area contributed by atoms with Crippen molar-refractivity contribution in [3.63, 3.8) is 0 Å². The lowest BCUT2D eigenvalue weighted by Gasteiger charge is -2.32. The minimum Gasteiger partial charge on any atom is -0.456 e. The van der Waals surface area contributed by atoms with Crippen LogP contribution in [0.15, 0.2) is 138 Å². The highest BCUT2D eigenvalue weighted by molar-refractivity contribution is 6.13. The molecular formula is C37H22N4O. The van der Waals surface area contributed by atoms with Crippen molar-refractivity contribution < 1.29 is 4.42 Å². The average molecular weight is 539 g/mol. The number of anilines is 3. The van der Waals surface area contributed by atoms with Crippen molar-refractivity contribution in [3.8, 4) is 33.9 Å². The number of hydrogen-bond acceptors (Lipinski definition) is 5. The van der Waals surface area contributed by atoms with E-state index >= 15 is 0 Å². The molecule has 0 bridgehead atoms. The summed E-state index contributed by atoms with van der Waals surface area (Å²) < 4.78 is 6.10. The van der Waals surface area contributed by atoms with Gasteiger partial charge < -0.3 is 4.42 Å². The molecule has 42 heavy (non-hydrogen) atoms. The van der Waals surface area contributed by atoms with Crippen LogP contribution in [0.1, 0.15) is 0 Å². The number of furan rings is 1. The first-order valence-corrected chi connectivity index (χ1v) is 14.0. The van der Waals surface area contributed by atoms with Gasteiger partial charge in [0.2, 0.25) is 5.95 Å². The van der Waals surface area contributed by atoms with Crippen molar-refractivity contribution in [2.24, 2.45) is 0 Å². The SMILES string of the molecule is c1ccc(-c2nc(-c3ccc4oc5ccccc5c4c3)nc(N3c4ccccc4-c4cccc5cccc3c45)n2)cc1. The second-order valence-corrected chi connectivity index (χ2v) is 10.5. The fourth-order valence-electron chi connectivity index (χ4n) is 6.15. The van der Waals surface area contributed by atoms with Crippen LogP contribution < -0.4 is 4.90 Å². The quantitative estimate of drug-likeness (QED) is 0.224. The van der Waals surface area contributed by atoms with Gasteiger partial charge in [-0.2, -0.15) is 9.97 Å². The van der Waals surface area contributed by atoms with Crippen LogP contribution in [0.3, 0.4) is 0 Å². The van der Waals surface area contributed by atoms with Crippen LogP contribution >= 0.6 is 0 Å². The summed E-state index contributed by atoms with van der Waals surface area (Å²) in [5.41, 5.74) is 7.99. The van der Waals surface area contributed by atoms with E-state index in [1.165, 1.54) is 16.3 Å². The summed E-state index contributed by atoms with van der Waals surface area (Å²) in [5, 5.41) is 4.47. The van der Waals surface area contributed by atoms with Gasteiger partial charge in [0.1, 0.15) is 11.2 Å². The number of aromatic nitrogens is 3. The molecule has 0 radical (unpaired) electrons. The Morgan fingerprint density at radius 1 is 0.476 bits per heavy atom. The Morgan fingerprint density at radius 3 is 2.07 bits per heavy atom. The van der Waals surface area contributed by atoms with Crippen LogP contribution in [0.2, 0.25) is 0 Å². The minimum atomic E-state index is 0.574. The highest BCUT2D eigenvalue weighted by Gasteiger charge is 2.28. The summed E-state index contributed by atoms with van der Waals surface area (Å²) in [5.74, 6) is 1.80. The molecule has 0 aliphatic carbocycles. The highest BCUT2D eigenvalue weighted by Crippen LogP contribution is 2.50. The molecule has 0 fully saturated rings. The Balaban J connectivity index is 1.32. The summed E-state index contributed by atoms with van der Waals surface area (Å²) >= 11 is 0. The van der Waals surface area contributed by atoms with Crippen LogP contribution in [-0.2, 0) is 0 Å². The molecule has 9 rings (SSSR count). The molecule has 8 aromatic rings. The van der Waals surface area contributed by atoms with E-state index in [0.717, 1.165) is 50.0 Å². The van der Waals surface area contributed by atoms with E-state index in [9.17, 15) is 0 Å². The van der Waals surface area contributed by atoms with E-state index in [2.05, 4.69) is 77.7 Å². The number of para-hydroxylation sites is 2. The van der Waals surface area contributed by atoms with Crippen molar-refractivity contribution in [1.29, 1.82) is 0 Å². The molecule has 0 atom stereocenters. The molecule has 5 heteroatoms. The Morgan fingerprint density at radius 2 is 1.17 bits per heavy atom. The molecule has 3 heterocycles. The molecule has 0 amide bonds. The Bertz CT molecular complexity index is 2320. The molecular weight excluding hydrogens is 516 g/mol. The summed E-state index contributed by atoms with van der Waals surface area (Å²) in [6.45, 7) is 0. The zero-order chi connectivity index (χ0) is 27.6. The fraction of sp³-hybridized carbons (Fsp3) is 0. The van der Waals surface area contributed by atoms with Crippen molar-refractivity contribution in [1.82, 2.24) is 15.0 Å². The van der Waals surface area contributed by atoms with Gasteiger partial charge >= 0.3 is 0 Å². The highest BCUT2D eigenvalue weighted by atomic mass is 16.3. The summed E-state index contributed by atoms with van der Waals surface area (Å²) in [6, 6.07) is 45.7. The van der Waals surface area contributed by atoms with Gasteiger partial charge in [-0.3, -0.25) is 4.90 Å². The van der Waals surface area contributed by atoms with Gasteiger partial charge in [-0.25, -0.2) is 4.98 Å². The Labute approximate surface area is 241 Å². The molecule has 0 N–H and O–H groups in total. The van der Waals surface area contributed by atoms with Gasteiger partial charge in [-0.15, -0.1) is 0 Å². The third kappa shape index (κ3) is 3.40. The van der Waals surface area contributed by atoms with Crippen LogP contribution in [0.5, 0.6) is 0 Å². The number of hydrogen-bond donors (Lipinski definition) is 0. The first-order valence-electron chi connectivity index (χ1n) is 14.0. The van der Waals surface area contributed by atoms with Gasteiger partial charge in [0.15, 0.2) is 11.6 Å². The lowest BCUT2D eigenvalue weighted by Crippen LogP contribution is -2.18. The third-order valence-corrected chi connectivity index (χ3v) is 8.05. The maximum absolute atomic E-state index is 6.10. The Hall–Kier alpha value is -5.81. The van der Waals surface area contributed by atoms with Crippen LogP contribution in [-0.4, -0.2) is 15.0 Å². The predicted molar refractivity (Wildman–Crippen MR) is 169 cm³/mol. The standard InChI is InChI=1S/C37H22N4O/c1-2-10-24(11-3-1)35-38-36(25-20-21-33-29(22-25)27-15-5-7-19-32(27)42-33)40-37(39-35)41-30-17-6-4-14-26(30)28-16-8-12-23-13-9-18-31(41)34(23)28/h1-22H. The Kier molecular flexibility index (Phi) is 4.83. The maximum atomic E-state index is 6.10. The van der Waals surface area contributed by atoms with Crippen molar-refractivity contribution >= 4 is 50.0 Å². The summed E-state index contributed by atoms with van der Waals surface area (Å²) in [7, 11) is 0. The first-order chi connectivity index (χ1) is 20.8. The zero-order valence-electron chi connectivity index (χ0n) is 22.4. The van der Waals surface area contributed by atoms with Gasteiger partial charge in [0, 0.05) is 32.8 Å². The number of benzene rings is 6. The topological polar surface area (TPSA) is 55.1 Å².